The van der Waals surface area contributed by atoms with Crippen molar-refractivity contribution in [1.82, 2.24) is 15.3 Å². The first-order valence-electron chi connectivity index (χ1n) is 6.62. The van der Waals surface area contributed by atoms with E-state index in [-0.39, 0.29) is 17.1 Å². The first kappa shape index (κ1) is 16.5. The molecule has 1 aromatic heterocycles. The highest BCUT2D eigenvalue weighted by Crippen LogP contribution is 2.31. The van der Waals surface area contributed by atoms with Crippen molar-refractivity contribution in [3.63, 3.8) is 0 Å². The van der Waals surface area contributed by atoms with E-state index in [4.69, 9.17) is 23.2 Å². The van der Waals surface area contributed by atoms with Crippen LogP contribution in [0.25, 0.3) is 0 Å². The van der Waals surface area contributed by atoms with Crippen LogP contribution in [0.15, 0.2) is 30.6 Å². The summed E-state index contributed by atoms with van der Waals surface area (Å²) in [7, 11) is 0. The fraction of sp³-hybridized carbons (Fsp3) is 0.267. The molecule has 0 fully saturated rings. The second-order valence-corrected chi connectivity index (χ2v) is 6.50. The summed E-state index contributed by atoms with van der Waals surface area (Å²) in [6.45, 7) is 5.70. The molecule has 1 heterocycles. The van der Waals surface area contributed by atoms with E-state index in [0.717, 1.165) is 0 Å². The predicted octanol–water partition coefficient (Wildman–Crippen LogP) is 4.06. The van der Waals surface area contributed by atoms with Crippen LogP contribution in [0.1, 0.15) is 31.3 Å². The van der Waals surface area contributed by atoms with Crippen LogP contribution in [0.4, 0.5) is 11.5 Å². The highest BCUT2D eigenvalue weighted by atomic mass is 35.5. The normalized spacial score (nSPS) is 11.1. The molecule has 116 valence electrons. The average Bonchev–Trinajstić information content (AvgIpc) is 2.42. The Labute approximate surface area is 139 Å². The first-order chi connectivity index (χ1) is 10.3. The van der Waals surface area contributed by atoms with Crippen LogP contribution < -0.4 is 10.6 Å². The van der Waals surface area contributed by atoms with Crippen LogP contribution in [0.3, 0.4) is 0 Å². The van der Waals surface area contributed by atoms with E-state index in [2.05, 4.69) is 20.6 Å². The van der Waals surface area contributed by atoms with Crippen molar-refractivity contribution in [2.24, 2.45) is 0 Å². The Hall–Kier alpha value is -1.85. The second-order valence-electron chi connectivity index (χ2n) is 5.72. The summed E-state index contributed by atoms with van der Waals surface area (Å²) in [5, 5.41) is 6.70. The van der Waals surface area contributed by atoms with Gasteiger partial charge in [-0.3, -0.25) is 4.79 Å². The number of carbonyl (C=O) groups is 1. The summed E-state index contributed by atoms with van der Waals surface area (Å²) < 4.78 is 0. The van der Waals surface area contributed by atoms with Crippen molar-refractivity contribution in [2.45, 2.75) is 26.3 Å². The summed E-state index contributed by atoms with van der Waals surface area (Å²) in [5.74, 6) is 0.188. The van der Waals surface area contributed by atoms with Crippen LogP contribution in [0, 0.1) is 0 Å². The van der Waals surface area contributed by atoms with Gasteiger partial charge in [0.15, 0.2) is 0 Å². The fourth-order valence-corrected chi connectivity index (χ4v) is 2.04. The number of halogens is 2. The molecule has 0 atom stereocenters. The van der Waals surface area contributed by atoms with Crippen molar-refractivity contribution in [2.75, 3.05) is 5.32 Å². The Morgan fingerprint density at radius 3 is 2.59 bits per heavy atom. The molecule has 0 radical (unpaired) electrons. The van der Waals surface area contributed by atoms with Gasteiger partial charge in [-0.05, 0) is 32.9 Å². The molecule has 1 amide bonds. The minimum absolute atomic E-state index is 0.268. The minimum Gasteiger partial charge on any atom is -0.346 e. The zero-order valence-electron chi connectivity index (χ0n) is 12.4. The third-order valence-corrected chi connectivity index (χ3v) is 3.42. The van der Waals surface area contributed by atoms with E-state index in [1.54, 1.807) is 24.3 Å². The van der Waals surface area contributed by atoms with Crippen molar-refractivity contribution in [1.29, 1.82) is 0 Å². The van der Waals surface area contributed by atoms with Crippen LogP contribution in [0.2, 0.25) is 10.0 Å². The molecule has 0 saturated carbocycles. The molecular weight excluding hydrogens is 323 g/mol. The molecule has 0 aliphatic rings. The number of hydrogen-bond donors (Lipinski definition) is 2. The standard InChI is InChI=1S/C15H16Cl2N4O/c1-15(2,3)21-14(22)11-7-12(19-8-18-11)20-10-6-4-5-9(16)13(10)17/h4-8H,1-3H3,(H,21,22)(H,18,19,20). The highest BCUT2D eigenvalue weighted by Gasteiger charge is 2.17. The maximum Gasteiger partial charge on any atom is 0.270 e. The van der Waals surface area contributed by atoms with Crippen molar-refractivity contribution < 1.29 is 4.79 Å². The molecule has 2 N–H and O–H groups in total. The second kappa shape index (κ2) is 6.50. The van der Waals surface area contributed by atoms with Gasteiger partial charge in [0.25, 0.3) is 5.91 Å². The number of carbonyl (C=O) groups excluding carboxylic acids is 1. The van der Waals surface area contributed by atoms with E-state index in [9.17, 15) is 4.79 Å². The molecule has 1 aromatic carbocycles. The van der Waals surface area contributed by atoms with Crippen molar-refractivity contribution in [3.05, 3.63) is 46.3 Å². The molecule has 0 saturated heterocycles. The number of anilines is 2. The number of benzene rings is 1. The number of nitrogens with zero attached hydrogens (tertiary/aromatic N) is 2. The van der Waals surface area contributed by atoms with E-state index in [0.29, 0.717) is 21.6 Å². The largest absolute Gasteiger partial charge is 0.346 e. The number of amides is 1. The van der Waals surface area contributed by atoms with Gasteiger partial charge in [-0.25, -0.2) is 9.97 Å². The van der Waals surface area contributed by atoms with Crippen LogP contribution in [0.5, 0.6) is 0 Å². The highest BCUT2D eigenvalue weighted by molar-refractivity contribution is 6.43. The van der Waals surface area contributed by atoms with E-state index in [1.165, 1.54) is 6.33 Å². The van der Waals surface area contributed by atoms with Gasteiger partial charge in [-0.2, -0.15) is 0 Å². The third kappa shape index (κ3) is 4.32. The Bertz CT molecular complexity index is 698. The summed E-state index contributed by atoms with van der Waals surface area (Å²) in [6, 6.07) is 6.78. The summed E-state index contributed by atoms with van der Waals surface area (Å²) >= 11 is 12.1. The molecule has 2 aromatic rings. The Morgan fingerprint density at radius 1 is 1.18 bits per heavy atom. The molecular formula is C15H16Cl2N4O. The lowest BCUT2D eigenvalue weighted by Crippen LogP contribution is -2.40. The fourth-order valence-electron chi connectivity index (χ4n) is 1.69. The van der Waals surface area contributed by atoms with Gasteiger partial charge in [-0.1, -0.05) is 29.3 Å². The lowest BCUT2D eigenvalue weighted by molar-refractivity contribution is 0.0914. The molecule has 5 nitrogen and oxygen atoms in total. The third-order valence-electron chi connectivity index (χ3n) is 2.60. The monoisotopic (exact) mass is 338 g/mol. The topological polar surface area (TPSA) is 66.9 Å². The zero-order chi connectivity index (χ0) is 16.3. The number of hydrogen-bond acceptors (Lipinski definition) is 4. The average molecular weight is 339 g/mol. The van der Waals surface area contributed by atoms with Crippen LogP contribution in [-0.4, -0.2) is 21.4 Å². The van der Waals surface area contributed by atoms with E-state index < -0.39 is 0 Å². The van der Waals surface area contributed by atoms with Gasteiger partial charge in [0.1, 0.15) is 17.8 Å². The Kier molecular flexibility index (Phi) is 4.88. The van der Waals surface area contributed by atoms with Gasteiger partial charge in [0.2, 0.25) is 0 Å². The Morgan fingerprint density at radius 2 is 1.91 bits per heavy atom. The van der Waals surface area contributed by atoms with Crippen molar-refractivity contribution in [3.8, 4) is 0 Å². The Balaban J connectivity index is 2.22. The molecule has 7 heteroatoms. The van der Waals surface area contributed by atoms with Crippen molar-refractivity contribution >= 4 is 40.6 Å². The molecule has 22 heavy (non-hydrogen) atoms. The quantitative estimate of drug-likeness (QED) is 0.885. The molecule has 0 spiro atoms. The zero-order valence-corrected chi connectivity index (χ0v) is 14.0. The van der Waals surface area contributed by atoms with Crippen LogP contribution >= 0.6 is 23.2 Å². The SMILES string of the molecule is CC(C)(C)NC(=O)c1cc(Nc2cccc(Cl)c2Cl)ncn1. The lowest BCUT2D eigenvalue weighted by atomic mass is 10.1. The first-order valence-corrected chi connectivity index (χ1v) is 7.37. The molecule has 0 bridgehead atoms. The van der Waals surface area contributed by atoms with Gasteiger partial charge in [0.05, 0.1) is 15.7 Å². The molecule has 0 unspecified atom stereocenters. The minimum atomic E-state index is -0.341. The molecule has 0 aliphatic carbocycles. The summed E-state index contributed by atoms with van der Waals surface area (Å²) in [6.07, 6.45) is 1.32. The number of nitrogens with one attached hydrogen (secondary N) is 2. The number of aromatic nitrogens is 2. The number of rotatable bonds is 3. The van der Waals surface area contributed by atoms with E-state index in [1.807, 2.05) is 20.8 Å². The maximum absolute atomic E-state index is 12.1. The molecule has 2 rings (SSSR count). The summed E-state index contributed by atoms with van der Waals surface area (Å²) in [5.41, 5.74) is 0.534. The van der Waals surface area contributed by atoms with Gasteiger partial charge in [-0.15, -0.1) is 0 Å². The summed E-state index contributed by atoms with van der Waals surface area (Å²) in [4.78, 5) is 20.2. The van der Waals surface area contributed by atoms with Gasteiger partial charge in [0, 0.05) is 11.6 Å². The maximum atomic E-state index is 12.1. The van der Waals surface area contributed by atoms with Gasteiger partial charge < -0.3 is 10.6 Å². The van der Waals surface area contributed by atoms with Gasteiger partial charge >= 0.3 is 0 Å². The predicted molar refractivity (Wildman–Crippen MR) is 89.0 cm³/mol. The lowest BCUT2D eigenvalue weighted by Gasteiger charge is -2.20. The van der Waals surface area contributed by atoms with Crippen LogP contribution in [-0.2, 0) is 0 Å². The van der Waals surface area contributed by atoms with E-state index >= 15 is 0 Å². The smallest absolute Gasteiger partial charge is 0.270 e. The molecule has 0 aliphatic heterocycles.